The molecule has 0 aliphatic heterocycles. The Labute approximate surface area is 267 Å². The molecule has 0 amide bonds. The van der Waals surface area contributed by atoms with Gasteiger partial charge in [-0.1, -0.05) is 44.0 Å². The number of esters is 4. The maximum absolute atomic E-state index is 12.8. The summed E-state index contributed by atoms with van der Waals surface area (Å²) in [6, 6.07) is 17.3. The zero-order chi connectivity index (χ0) is 33.8. The number of ether oxygens (including phenoxy) is 6. The SMILES string of the molecule is C=C(C)C(=O)OCCOC(=O)c1ccc(-c2ccc(-c3ccc(OC(=O)C(=C)C)cc3)c(OC)c2)c(OCCOC(=O)C(=C)C)c1. The van der Waals surface area contributed by atoms with Crippen LogP contribution in [0.3, 0.4) is 0 Å². The lowest BCUT2D eigenvalue weighted by Crippen LogP contribution is -2.15. The molecular weight excluding hydrogens is 592 g/mol. The van der Waals surface area contributed by atoms with E-state index in [4.69, 9.17) is 28.4 Å². The molecule has 0 heterocycles. The van der Waals surface area contributed by atoms with Crippen LogP contribution < -0.4 is 14.2 Å². The molecule has 0 saturated heterocycles. The molecule has 0 N–H and O–H groups in total. The Balaban J connectivity index is 1.86. The van der Waals surface area contributed by atoms with Crippen molar-refractivity contribution in [2.24, 2.45) is 0 Å². The van der Waals surface area contributed by atoms with Crippen molar-refractivity contribution in [3.8, 4) is 39.5 Å². The van der Waals surface area contributed by atoms with Crippen LogP contribution in [0.15, 0.2) is 97.1 Å². The highest BCUT2D eigenvalue weighted by Crippen LogP contribution is 2.38. The Kier molecular flexibility index (Phi) is 12.5. The Hall–Kier alpha value is -5.64. The van der Waals surface area contributed by atoms with Crippen LogP contribution in [0, 0.1) is 0 Å². The number of benzene rings is 3. The molecule has 10 heteroatoms. The van der Waals surface area contributed by atoms with Gasteiger partial charge < -0.3 is 28.4 Å². The first kappa shape index (κ1) is 34.8. The maximum atomic E-state index is 12.8. The standard InChI is InChI=1S/C36H36O10/c1-22(2)33(37)43-17-16-42-32-21-27(36(40)45-19-18-44-34(38)23(3)4)11-15-30(32)26-10-14-29(31(20-26)41-7)25-8-12-28(13-9-25)46-35(39)24(5)6/h8-15,20-21H,1,3,5,16-19H2,2,4,6-7H3. The highest BCUT2D eigenvalue weighted by molar-refractivity contribution is 5.92. The first-order valence-corrected chi connectivity index (χ1v) is 14.2. The third kappa shape index (κ3) is 9.68. The molecule has 3 aromatic rings. The monoisotopic (exact) mass is 628 g/mol. The van der Waals surface area contributed by atoms with Gasteiger partial charge in [0.1, 0.15) is 43.7 Å². The summed E-state index contributed by atoms with van der Waals surface area (Å²) < 4.78 is 32.3. The molecule has 10 nitrogen and oxygen atoms in total. The van der Waals surface area contributed by atoms with Crippen molar-refractivity contribution in [2.75, 3.05) is 33.5 Å². The lowest BCUT2D eigenvalue weighted by molar-refractivity contribution is -0.140. The Morgan fingerprint density at radius 2 is 1.11 bits per heavy atom. The van der Waals surface area contributed by atoms with Crippen LogP contribution in [0.2, 0.25) is 0 Å². The fourth-order valence-corrected chi connectivity index (χ4v) is 3.89. The van der Waals surface area contributed by atoms with Gasteiger partial charge in [-0.05, 0) is 68.3 Å². The molecule has 0 radical (unpaired) electrons. The van der Waals surface area contributed by atoms with E-state index >= 15 is 0 Å². The van der Waals surface area contributed by atoms with Gasteiger partial charge in [-0.25, -0.2) is 19.2 Å². The summed E-state index contributed by atoms with van der Waals surface area (Å²) in [4.78, 5) is 48.0. The zero-order valence-corrected chi connectivity index (χ0v) is 26.3. The Morgan fingerprint density at radius 3 is 1.70 bits per heavy atom. The van der Waals surface area contributed by atoms with E-state index in [1.165, 1.54) is 13.0 Å². The van der Waals surface area contributed by atoms with Gasteiger partial charge in [-0.2, -0.15) is 0 Å². The number of carbonyl (C=O) groups excluding carboxylic acids is 4. The van der Waals surface area contributed by atoms with E-state index < -0.39 is 23.9 Å². The van der Waals surface area contributed by atoms with Crippen LogP contribution in [0.4, 0.5) is 0 Å². The summed E-state index contributed by atoms with van der Waals surface area (Å²) in [5.41, 5.74) is 3.94. The third-order valence-corrected chi connectivity index (χ3v) is 6.27. The summed E-state index contributed by atoms with van der Waals surface area (Å²) in [5.74, 6) is -1.02. The van der Waals surface area contributed by atoms with Crippen molar-refractivity contribution >= 4 is 23.9 Å². The molecule has 0 saturated carbocycles. The van der Waals surface area contributed by atoms with Crippen molar-refractivity contribution in [1.82, 2.24) is 0 Å². The average molecular weight is 629 g/mol. The van der Waals surface area contributed by atoms with E-state index in [9.17, 15) is 19.2 Å². The van der Waals surface area contributed by atoms with Crippen LogP contribution in [0.5, 0.6) is 17.2 Å². The van der Waals surface area contributed by atoms with Gasteiger partial charge >= 0.3 is 23.9 Å². The molecule has 46 heavy (non-hydrogen) atoms. The summed E-state index contributed by atoms with van der Waals surface area (Å²) in [6.07, 6.45) is 0. The van der Waals surface area contributed by atoms with Gasteiger partial charge in [0.25, 0.3) is 0 Å². The molecule has 0 aliphatic rings. The summed E-state index contributed by atoms with van der Waals surface area (Å²) >= 11 is 0. The van der Waals surface area contributed by atoms with Crippen molar-refractivity contribution in [3.05, 3.63) is 103 Å². The highest BCUT2D eigenvalue weighted by Gasteiger charge is 2.17. The number of methoxy groups -OCH3 is 1. The predicted octanol–water partition coefficient (Wildman–Crippen LogP) is 6.28. The molecule has 3 rings (SSSR count). The molecule has 240 valence electrons. The second-order valence-electron chi connectivity index (χ2n) is 10.1. The number of carbonyl (C=O) groups is 4. The average Bonchev–Trinajstić information content (AvgIpc) is 3.04. The van der Waals surface area contributed by atoms with Gasteiger partial charge in [0.15, 0.2) is 0 Å². The minimum absolute atomic E-state index is 0.00110. The van der Waals surface area contributed by atoms with E-state index in [0.717, 1.165) is 11.1 Å². The normalized spacial score (nSPS) is 10.3. The summed E-state index contributed by atoms with van der Waals surface area (Å²) in [5, 5.41) is 0. The van der Waals surface area contributed by atoms with Crippen molar-refractivity contribution < 1.29 is 47.6 Å². The molecule has 0 aromatic heterocycles. The van der Waals surface area contributed by atoms with Crippen LogP contribution in [0.25, 0.3) is 22.3 Å². The largest absolute Gasteiger partial charge is 0.496 e. The molecule has 0 spiro atoms. The number of hydrogen-bond donors (Lipinski definition) is 0. The molecular formula is C36H36O10. The Bertz CT molecular complexity index is 1650. The van der Waals surface area contributed by atoms with E-state index in [2.05, 4.69) is 19.7 Å². The topological polar surface area (TPSA) is 124 Å². The van der Waals surface area contributed by atoms with Gasteiger partial charge in [-0.15, -0.1) is 0 Å². The molecule has 0 bridgehead atoms. The first-order valence-electron chi connectivity index (χ1n) is 14.2. The number of hydrogen-bond acceptors (Lipinski definition) is 10. The third-order valence-electron chi connectivity index (χ3n) is 6.27. The lowest BCUT2D eigenvalue weighted by Gasteiger charge is -2.16. The number of rotatable bonds is 15. The summed E-state index contributed by atoms with van der Waals surface area (Å²) in [6.45, 7) is 15.0. The smallest absolute Gasteiger partial charge is 0.338 e. The van der Waals surface area contributed by atoms with E-state index in [1.807, 2.05) is 18.2 Å². The maximum Gasteiger partial charge on any atom is 0.338 e. The van der Waals surface area contributed by atoms with Gasteiger partial charge in [0.2, 0.25) is 0 Å². The molecule has 0 aliphatic carbocycles. The molecule has 0 unspecified atom stereocenters. The molecule has 3 aromatic carbocycles. The zero-order valence-electron chi connectivity index (χ0n) is 26.3. The van der Waals surface area contributed by atoms with Crippen molar-refractivity contribution in [3.63, 3.8) is 0 Å². The second-order valence-corrected chi connectivity index (χ2v) is 10.1. The van der Waals surface area contributed by atoms with Crippen LogP contribution >= 0.6 is 0 Å². The second kappa shape index (κ2) is 16.4. The highest BCUT2D eigenvalue weighted by atomic mass is 16.6. The van der Waals surface area contributed by atoms with Gasteiger partial charge in [0, 0.05) is 27.8 Å². The van der Waals surface area contributed by atoms with E-state index in [0.29, 0.717) is 33.9 Å². The fourth-order valence-electron chi connectivity index (χ4n) is 3.89. The first-order chi connectivity index (χ1) is 21.9. The van der Waals surface area contributed by atoms with E-state index in [1.54, 1.807) is 57.4 Å². The van der Waals surface area contributed by atoms with Crippen LogP contribution in [-0.4, -0.2) is 57.4 Å². The minimum atomic E-state index is -0.651. The summed E-state index contributed by atoms with van der Waals surface area (Å²) in [7, 11) is 1.55. The van der Waals surface area contributed by atoms with E-state index in [-0.39, 0.29) is 43.1 Å². The van der Waals surface area contributed by atoms with Crippen LogP contribution in [-0.2, 0) is 28.6 Å². The van der Waals surface area contributed by atoms with Crippen molar-refractivity contribution in [1.29, 1.82) is 0 Å². The Morgan fingerprint density at radius 1 is 0.587 bits per heavy atom. The minimum Gasteiger partial charge on any atom is -0.496 e. The van der Waals surface area contributed by atoms with Gasteiger partial charge in [-0.3, -0.25) is 0 Å². The lowest BCUT2D eigenvalue weighted by atomic mass is 9.97. The predicted molar refractivity (Wildman–Crippen MR) is 172 cm³/mol. The van der Waals surface area contributed by atoms with Gasteiger partial charge in [0.05, 0.1) is 12.7 Å². The fraction of sp³-hybridized carbons (Fsp3) is 0.222. The van der Waals surface area contributed by atoms with Crippen LogP contribution in [0.1, 0.15) is 31.1 Å². The molecule has 0 atom stereocenters. The molecule has 0 fully saturated rings. The quantitative estimate of drug-likeness (QED) is 0.0624. The van der Waals surface area contributed by atoms with Crippen molar-refractivity contribution in [2.45, 2.75) is 20.8 Å².